The van der Waals surface area contributed by atoms with Gasteiger partial charge in [0, 0.05) is 16.6 Å². The highest BCUT2D eigenvalue weighted by Gasteiger charge is 2.23. The Hall–Kier alpha value is 0.110. The van der Waals surface area contributed by atoms with Crippen molar-refractivity contribution in [2.24, 2.45) is 0 Å². The maximum absolute atomic E-state index is 11.2. The van der Waals surface area contributed by atoms with Crippen LogP contribution in [0.15, 0.2) is 0 Å². The first kappa shape index (κ1) is 9.20. The molecule has 0 amide bonds. The molecule has 2 atom stereocenters. The molecule has 1 saturated heterocycles. The monoisotopic (exact) mass is 176 g/mol. The summed E-state index contributed by atoms with van der Waals surface area (Å²) in [5.41, 5.74) is 0. The maximum Gasteiger partial charge on any atom is 0.0613 e. The summed E-state index contributed by atoms with van der Waals surface area (Å²) in [5.74, 6) is 0.881. The summed E-state index contributed by atoms with van der Waals surface area (Å²) in [4.78, 5) is 0. The Balaban J connectivity index is 2.20. The van der Waals surface area contributed by atoms with Gasteiger partial charge in [-0.25, -0.2) is 0 Å². The molecule has 0 spiro atoms. The van der Waals surface area contributed by atoms with Gasteiger partial charge < -0.3 is 4.74 Å². The molecule has 0 aromatic carbocycles. The molecule has 0 saturated carbocycles. The Bertz CT molecular complexity index is 145. The van der Waals surface area contributed by atoms with Gasteiger partial charge in [0.25, 0.3) is 0 Å². The zero-order chi connectivity index (χ0) is 8.27. The van der Waals surface area contributed by atoms with Crippen LogP contribution in [0.25, 0.3) is 0 Å². The minimum Gasteiger partial charge on any atom is -0.378 e. The molecule has 3 heteroatoms. The molecule has 0 aromatic heterocycles. The van der Waals surface area contributed by atoms with Crippen LogP contribution in [-0.4, -0.2) is 27.9 Å². The van der Waals surface area contributed by atoms with E-state index in [0.29, 0.717) is 11.9 Å². The van der Waals surface area contributed by atoms with Gasteiger partial charge in [-0.05, 0) is 26.7 Å². The van der Waals surface area contributed by atoms with Gasteiger partial charge in [0.05, 0.1) is 18.0 Å². The molecule has 0 N–H and O–H groups in total. The largest absolute Gasteiger partial charge is 0.378 e. The first-order chi connectivity index (χ1) is 5.20. The Kier molecular flexibility index (Phi) is 3.52. The first-order valence-electron chi connectivity index (χ1n) is 4.19. The number of rotatable bonds is 3. The average molecular weight is 176 g/mol. The molecule has 0 aromatic rings. The second kappa shape index (κ2) is 4.21. The van der Waals surface area contributed by atoms with E-state index < -0.39 is 10.8 Å². The molecular formula is C8H16O2S. The Morgan fingerprint density at radius 2 is 2.36 bits per heavy atom. The molecule has 11 heavy (non-hydrogen) atoms. The highest BCUT2D eigenvalue weighted by molar-refractivity contribution is 7.85. The lowest BCUT2D eigenvalue weighted by atomic mass is 10.3. The van der Waals surface area contributed by atoms with Gasteiger partial charge in [0.2, 0.25) is 0 Å². The van der Waals surface area contributed by atoms with Crippen molar-refractivity contribution in [3.8, 4) is 0 Å². The standard InChI is InChI=1S/C8H16O2S/c1-7(2)10-6-8-4-3-5-11(8)9/h7-8H,3-6H2,1-2H3. The van der Waals surface area contributed by atoms with Crippen LogP contribution in [0.2, 0.25) is 0 Å². The van der Waals surface area contributed by atoms with Gasteiger partial charge in [-0.15, -0.1) is 0 Å². The molecule has 1 rings (SSSR count). The van der Waals surface area contributed by atoms with E-state index in [0.717, 1.165) is 18.6 Å². The van der Waals surface area contributed by atoms with E-state index in [9.17, 15) is 4.21 Å². The number of ether oxygens (including phenoxy) is 1. The van der Waals surface area contributed by atoms with Gasteiger partial charge in [0.1, 0.15) is 0 Å². The van der Waals surface area contributed by atoms with Crippen molar-refractivity contribution in [2.75, 3.05) is 12.4 Å². The molecule has 1 aliphatic rings. The van der Waals surface area contributed by atoms with Crippen molar-refractivity contribution in [3.63, 3.8) is 0 Å². The van der Waals surface area contributed by atoms with Crippen LogP contribution in [0.1, 0.15) is 26.7 Å². The van der Waals surface area contributed by atoms with Crippen LogP contribution in [0.4, 0.5) is 0 Å². The van der Waals surface area contributed by atoms with Gasteiger partial charge in [-0.2, -0.15) is 0 Å². The quantitative estimate of drug-likeness (QED) is 0.648. The molecule has 66 valence electrons. The zero-order valence-corrected chi connectivity index (χ0v) is 8.02. The third-order valence-electron chi connectivity index (χ3n) is 1.86. The van der Waals surface area contributed by atoms with Crippen molar-refractivity contribution >= 4 is 10.8 Å². The van der Waals surface area contributed by atoms with Crippen molar-refractivity contribution in [2.45, 2.75) is 38.0 Å². The van der Waals surface area contributed by atoms with Crippen molar-refractivity contribution in [1.29, 1.82) is 0 Å². The third-order valence-corrected chi connectivity index (χ3v) is 3.67. The van der Waals surface area contributed by atoms with E-state index >= 15 is 0 Å². The SMILES string of the molecule is CC(C)OCC1CCCS1=O. The summed E-state index contributed by atoms with van der Waals surface area (Å²) in [7, 11) is -0.602. The molecule has 0 aliphatic carbocycles. The minimum atomic E-state index is -0.602. The average Bonchev–Trinajstić information content (AvgIpc) is 2.31. The van der Waals surface area contributed by atoms with Crippen molar-refractivity contribution in [1.82, 2.24) is 0 Å². The fourth-order valence-electron chi connectivity index (χ4n) is 1.21. The van der Waals surface area contributed by atoms with Crippen LogP contribution in [0, 0.1) is 0 Å². The normalized spacial score (nSPS) is 31.5. The summed E-state index contributed by atoms with van der Waals surface area (Å²) in [5, 5.41) is 0.317. The van der Waals surface area contributed by atoms with Crippen LogP contribution < -0.4 is 0 Å². The smallest absolute Gasteiger partial charge is 0.0613 e. The van der Waals surface area contributed by atoms with Gasteiger partial charge in [0.15, 0.2) is 0 Å². The first-order valence-corrected chi connectivity index (χ1v) is 5.57. The molecule has 1 fully saturated rings. The van der Waals surface area contributed by atoms with E-state index in [2.05, 4.69) is 0 Å². The topological polar surface area (TPSA) is 26.3 Å². The van der Waals surface area contributed by atoms with E-state index in [4.69, 9.17) is 4.74 Å². The molecule has 0 radical (unpaired) electrons. The summed E-state index contributed by atoms with van der Waals surface area (Å²) in [6, 6.07) is 0. The summed E-state index contributed by atoms with van der Waals surface area (Å²) >= 11 is 0. The van der Waals surface area contributed by atoms with Crippen LogP contribution >= 0.6 is 0 Å². The van der Waals surface area contributed by atoms with E-state index in [1.54, 1.807) is 0 Å². The summed E-state index contributed by atoms with van der Waals surface area (Å²) in [6.45, 7) is 4.71. The zero-order valence-electron chi connectivity index (χ0n) is 7.21. The summed E-state index contributed by atoms with van der Waals surface area (Å²) in [6.07, 6.45) is 2.46. The van der Waals surface area contributed by atoms with E-state index in [-0.39, 0.29) is 6.10 Å². The fourth-order valence-corrected chi connectivity index (χ4v) is 2.65. The lowest BCUT2D eigenvalue weighted by Crippen LogP contribution is -2.19. The molecule has 2 nitrogen and oxygen atoms in total. The lowest BCUT2D eigenvalue weighted by molar-refractivity contribution is 0.0791. The second-order valence-electron chi connectivity index (χ2n) is 3.23. The van der Waals surface area contributed by atoms with Crippen LogP contribution in [0.5, 0.6) is 0 Å². The van der Waals surface area contributed by atoms with E-state index in [1.165, 1.54) is 0 Å². The summed E-state index contributed by atoms with van der Waals surface area (Å²) < 4.78 is 16.6. The van der Waals surface area contributed by atoms with E-state index in [1.807, 2.05) is 13.8 Å². The number of hydrogen-bond donors (Lipinski definition) is 0. The highest BCUT2D eigenvalue weighted by atomic mass is 32.2. The molecule has 1 heterocycles. The van der Waals surface area contributed by atoms with Gasteiger partial charge >= 0.3 is 0 Å². The Morgan fingerprint density at radius 1 is 1.64 bits per heavy atom. The highest BCUT2D eigenvalue weighted by Crippen LogP contribution is 2.16. The predicted octanol–water partition coefficient (Wildman–Crippen LogP) is 1.32. The van der Waals surface area contributed by atoms with Crippen molar-refractivity contribution in [3.05, 3.63) is 0 Å². The molecular weight excluding hydrogens is 160 g/mol. The lowest BCUT2D eigenvalue weighted by Gasteiger charge is -2.11. The maximum atomic E-state index is 11.2. The minimum absolute atomic E-state index is 0.271. The second-order valence-corrected chi connectivity index (χ2v) is 5.07. The fraction of sp³-hybridized carbons (Fsp3) is 1.00. The Morgan fingerprint density at radius 3 is 2.82 bits per heavy atom. The van der Waals surface area contributed by atoms with Crippen LogP contribution in [0.3, 0.4) is 0 Å². The Labute approximate surface area is 70.8 Å². The predicted molar refractivity (Wildman–Crippen MR) is 47.1 cm³/mol. The van der Waals surface area contributed by atoms with Gasteiger partial charge in [-0.1, -0.05) is 0 Å². The molecule has 1 aliphatic heterocycles. The molecule has 0 bridgehead atoms. The van der Waals surface area contributed by atoms with Crippen molar-refractivity contribution < 1.29 is 8.95 Å². The third kappa shape index (κ3) is 2.91. The number of hydrogen-bond acceptors (Lipinski definition) is 2. The molecule has 2 unspecified atom stereocenters. The van der Waals surface area contributed by atoms with Gasteiger partial charge in [-0.3, -0.25) is 4.21 Å². The van der Waals surface area contributed by atoms with Crippen LogP contribution in [-0.2, 0) is 15.5 Å².